The highest BCUT2D eigenvalue weighted by molar-refractivity contribution is 7.60. The molecular formula is C32H43N2O4P. The fourth-order valence-electron chi connectivity index (χ4n) is 4.75. The first kappa shape index (κ1) is 30.6. The molecule has 0 fully saturated rings. The predicted molar refractivity (Wildman–Crippen MR) is 159 cm³/mol. The number of carbonyl (C=O) groups is 1. The summed E-state index contributed by atoms with van der Waals surface area (Å²) in [6.07, 6.45) is 0.493. The van der Waals surface area contributed by atoms with Gasteiger partial charge in [-0.3, -0.25) is 9.88 Å². The van der Waals surface area contributed by atoms with Crippen LogP contribution in [0.4, 0.5) is 4.79 Å². The second-order valence-corrected chi connectivity index (χ2v) is 13.6. The quantitative estimate of drug-likeness (QED) is 0.199. The summed E-state index contributed by atoms with van der Waals surface area (Å²) in [7, 11) is -2.01. The van der Waals surface area contributed by atoms with Gasteiger partial charge in [-0.05, 0) is 41.4 Å². The van der Waals surface area contributed by atoms with Gasteiger partial charge in [-0.25, -0.2) is 4.79 Å². The van der Waals surface area contributed by atoms with Crippen molar-refractivity contribution in [1.29, 1.82) is 0 Å². The maximum absolute atomic E-state index is 14.9. The molecule has 0 saturated heterocycles. The first-order valence-electron chi connectivity index (χ1n) is 13.7. The molecule has 3 aromatic rings. The number of nitrogens with one attached hydrogen (secondary N) is 2. The molecule has 0 aliphatic rings. The third kappa shape index (κ3) is 9.06. The van der Waals surface area contributed by atoms with Crippen molar-refractivity contribution in [2.24, 2.45) is 11.8 Å². The summed E-state index contributed by atoms with van der Waals surface area (Å²) < 4.78 is 26.3. The van der Waals surface area contributed by atoms with Gasteiger partial charge in [-0.1, -0.05) is 119 Å². The number of benzene rings is 3. The number of ether oxygens (including phenoxy) is 1. The molecule has 0 aromatic heterocycles. The standard InChI is InChI=1S/C32H43N2O4P/c1-24(2)21-29(33-31(27-17-11-7-12-18-27)28-19-13-8-14-20-28)39(36,37-5)30(22-25(3)4)34-32(35)38-23-26-15-9-6-10-16-26/h6-20,24-25,29-31,33H,21-23H2,1-5H3,(H,34,35). The van der Waals surface area contributed by atoms with E-state index in [0.29, 0.717) is 12.8 Å². The molecule has 2 N–H and O–H groups in total. The van der Waals surface area contributed by atoms with Crippen molar-refractivity contribution in [2.75, 3.05) is 7.11 Å². The molecular weight excluding hydrogens is 507 g/mol. The lowest BCUT2D eigenvalue weighted by Crippen LogP contribution is -2.44. The Labute approximate surface area is 234 Å². The third-order valence-corrected chi connectivity index (χ3v) is 9.67. The molecule has 0 aliphatic carbocycles. The van der Waals surface area contributed by atoms with E-state index in [9.17, 15) is 9.36 Å². The smallest absolute Gasteiger partial charge is 0.408 e. The monoisotopic (exact) mass is 550 g/mol. The van der Waals surface area contributed by atoms with Crippen LogP contribution in [0.15, 0.2) is 91.0 Å². The molecule has 0 saturated carbocycles. The lowest BCUT2D eigenvalue weighted by Gasteiger charge is -2.37. The maximum Gasteiger partial charge on any atom is 0.408 e. The van der Waals surface area contributed by atoms with Crippen molar-refractivity contribution in [3.8, 4) is 0 Å². The van der Waals surface area contributed by atoms with Crippen LogP contribution in [0.3, 0.4) is 0 Å². The minimum atomic E-state index is -3.50. The van der Waals surface area contributed by atoms with Gasteiger partial charge in [-0.15, -0.1) is 0 Å². The molecule has 0 radical (unpaired) electrons. The zero-order chi connectivity index (χ0) is 28.3. The molecule has 3 aromatic carbocycles. The Hall–Kier alpha value is -2.92. The highest BCUT2D eigenvalue weighted by Crippen LogP contribution is 2.58. The molecule has 6 nitrogen and oxygen atoms in total. The third-order valence-electron chi connectivity index (χ3n) is 6.67. The lowest BCUT2D eigenvalue weighted by molar-refractivity contribution is 0.136. The first-order chi connectivity index (χ1) is 18.7. The summed E-state index contributed by atoms with van der Waals surface area (Å²) in [5.41, 5.74) is 3.02. The van der Waals surface area contributed by atoms with Gasteiger partial charge in [0, 0.05) is 7.11 Å². The van der Waals surface area contributed by atoms with E-state index in [-0.39, 0.29) is 24.5 Å². The Morgan fingerprint density at radius 1 is 0.744 bits per heavy atom. The van der Waals surface area contributed by atoms with E-state index < -0.39 is 25.0 Å². The lowest BCUT2D eigenvalue weighted by atomic mass is 9.98. The van der Waals surface area contributed by atoms with Crippen molar-refractivity contribution >= 4 is 13.5 Å². The fraction of sp³-hybridized carbons (Fsp3) is 0.406. The van der Waals surface area contributed by atoms with Gasteiger partial charge in [0.05, 0.1) is 11.8 Å². The number of hydrogen-bond donors (Lipinski definition) is 2. The van der Waals surface area contributed by atoms with Crippen LogP contribution < -0.4 is 10.6 Å². The largest absolute Gasteiger partial charge is 0.445 e. The van der Waals surface area contributed by atoms with Crippen LogP contribution in [-0.4, -0.2) is 24.8 Å². The molecule has 7 heteroatoms. The average Bonchev–Trinajstić information content (AvgIpc) is 2.94. The van der Waals surface area contributed by atoms with Crippen LogP contribution in [0.5, 0.6) is 0 Å². The first-order valence-corrected chi connectivity index (χ1v) is 15.5. The van der Waals surface area contributed by atoms with Gasteiger partial charge in [0.1, 0.15) is 12.4 Å². The van der Waals surface area contributed by atoms with E-state index in [4.69, 9.17) is 9.26 Å². The zero-order valence-corrected chi connectivity index (χ0v) is 24.6. The molecule has 0 bridgehead atoms. The topological polar surface area (TPSA) is 76.7 Å². The highest BCUT2D eigenvalue weighted by Gasteiger charge is 2.44. The van der Waals surface area contributed by atoms with Gasteiger partial charge in [0.25, 0.3) is 0 Å². The minimum Gasteiger partial charge on any atom is -0.445 e. The van der Waals surface area contributed by atoms with E-state index in [0.717, 1.165) is 16.7 Å². The Balaban J connectivity index is 1.92. The molecule has 0 aliphatic heterocycles. The van der Waals surface area contributed by atoms with Crippen LogP contribution >= 0.6 is 7.37 Å². The van der Waals surface area contributed by atoms with Crippen molar-refractivity contribution in [3.63, 3.8) is 0 Å². The molecule has 3 unspecified atom stereocenters. The molecule has 3 rings (SSSR count). The molecule has 39 heavy (non-hydrogen) atoms. The van der Waals surface area contributed by atoms with Crippen LogP contribution in [0.2, 0.25) is 0 Å². The van der Waals surface area contributed by atoms with E-state index in [1.807, 2.05) is 80.6 Å². The van der Waals surface area contributed by atoms with Crippen LogP contribution in [0.1, 0.15) is 63.3 Å². The summed E-state index contributed by atoms with van der Waals surface area (Å²) in [5, 5.41) is 6.64. The van der Waals surface area contributed by atoms with Crippen molar-refractivity contribution in [3.05, 3.63) is 108 Å². The summed E-state index contributed by atoms with van der Waals surface area (Å²) in [6, 6.07) is 29.6. The number of carbonyl (C=O) groups excluding carboxylic acids is 1. The average molecular weight is 551 g/mol. The van der Waals surface area contributed by atoms with Crippen molar-refractivity contribution < 1.29 is 18.6 Å². The maximum atomic E-state index is 14.9. The molecule has 3 atom stereocenters. The zero-order valence-electron chi connectivity index (χ0n) is 23.7. The van der Waals surface area contributed by atoms with Gasteiger partial charge < -0.3 is 14.6 Å². The molecule has 0 heterocycles. The SMILES string of the molecule is COP(=O)(C(CC(C)C)NC(=O)OCc1ccccc1)C(CC(C)C)NC(c1ccccc1)c1ccccc1. The molecule has 1 amide bonds. The number of alkyl carbamates (subject to hydrolysis) is 1. The van der Waals surface area contributed by atoms with E-state index >= 15 is 0 Å². The summed E-state index contributed by atoms with van der Waals surface area (Å²) in [6.45, 7) is 8.44. The number of hydrogen-bond acceptors (Lipinski definition) is 5. The van der Waals surface area contributed by atoms with Crippen molar-refractivity contribution in [1.82, 2.24) is 10.6 Å². The van der Waals surface area contributed by atoms with Crippen LogP contribution in [0, 0.1) is 11.8 Å². The highest BCUT2D eigenvalue weighted by atomic mass is 31.2. The van der Waals surface area contributed by atoms with E-state index in [1.54, 1.807) is 0 Å². The Bertz CT molecular complexity index is 1130. The van der Waals surface area contributed by atoms with Crippen LogP contribution in [-0.2, 0) is 20.4 Å². The number of rotatable bonds is 14. The normalized spacial score (nSPS) is 14.7. The fourth-order valence-corrected chi connectivity index (χ4v) is 7.77. The van der Waals surface area contributed by atoms with Gasteiger partial charge >= 0.3 is 6.09 Å². The summed E-state index contributed by atoms with van der Waals surface area (Å²) in [5.74, 6) is -0.810. The van der Waals surface area contributed by atoms with Gasteiger partial charge in [0.2, 0.25) is 7.37 Å². The second-order valence-electron chi connectivity index (χ2n) is 10.7. The Morgan fingerprint density at radius 2 is 1.21 bits per heavy atom. The van der Waals surface area contributed by atoms with E-state index in [1.165, 1.54) is 7.11 Å². The number of amides is 1. The van der Waals surface area contributed by atoms with E-state index in [2.05, 4.69) is 48.7 Å². The second kappa shape index (κ2) is 15.0. The van der Waals surface area contributed by atoms with Gasteiger partial charge in [0.15, 0.2) is 0 Å². The Kier molecular flexibility index (Phi) is 11.8. The van der Waals surface area contributed by atoms with Crippen molar-refractivity contribution in [2.45, 2.75) is 64.8 Å². The molecule has 0 spiro atoms. The van der Waals surface area contributed by atoms with Gasteiger partial charge in [-0.2, -0.15) is 0 Å². The summed E-state index contributed by atoms with van der Waals surface area (Å²) in [4.78, 5) is 13.0. The van der Waals surface area contributed by atoms with Crippen LogP contribution in [0.25, 0.3) is 0 Å². The minimum absolute atomic E-state index is 0.135. The Morgan fingerprint density at radius 3 is 1.67 bits per heavy atom. The summed E-state index contributed by atoms with van der Waals surface area (Å²) >= 11 is 0. The predicted octanol–water partition coefficient (Wildman–Crippen LogP) is 7.96. The molecule has 210 valence electrons.